The van der Waals surface area contributed by atoms with Gasteiger partial charge in [0, 0.05) is 32.2 Å². The van der Waals surface area contributed by atoms with Gasteiger partial charge in [0.05, 0.1) is 11.5 Å². The van der Waals surface area contributed by atoms with Crippen LogP contribution in [0.15, 0.2) is 23.1 Å². The number of aliphatic hydroxyl groups excluding tert-OH is 1. The molecule has 0 amide bonds. The van der Waals surface area contributed by atoms with Crippen LogP contribution < -0.4 is 4.74 Å². The Kier molecular flexibility index (Phi) is 5.15. The number of rotatable bonds is 4. The highest BCUT2D eigenvalue weighted by Gasteiger charge is 2.33. The van der Waals surface area contributed by atoms with E-state index in [-0.39, 0.29) is 18.6 Å². The highest BCUT2D eigenvalue weighted by atomic mass is 32.2. The minimum absolute atomic E-state index is 0.0116. The molecular weight excluding hydrogens is 328 g/mol. The van der Waals surface area contributed by atoms with Crippen LogP contribution in [0.4, 0.5) is 0 Å². The second-order valence-electron chi connectivity index (χ2n) is 6.93. The molecule has 0 aromatic heterocycles. The van der Waals surface area contributed by atoms with Crippen LogP contribution >= 0.6 is 0 Å². The number of nitrogens with zero attached hydrogens (tertiary/aromatic N) is 2. The van der Waals surface area contributed by atoms with Crippen LogP contribution in [0.5, 0.6) is 5.75 Å². The van der Waals surface area contributed by atoms with Crippen molar-refractivity contribution in [2.75, 3.05) is 40.4 Å². The predicted molar refractivity (Wildman–Crippen MR) is 91.7 cm³/mol. The molecule has 1 fully saturated rings. The Hall–Kier alpha value is -1.15. The zero-order valence-corrected chi connectivity index (χ0v) is 15.1. The number of hydrogen-bond donors (Lipinski definition) is 1. The summed E-state index contributed by atoms with van der Waals surface area (Å²) in [5.74, 6) is 0.770. The summed E-state index contributed by atoms with van der Waals surface area (Å²) >= 11 is 0. The first-order valence-corrected chi connectivity index (χ1v) is 9.89. The summed E-state index contributed by atoms with van der Waals surface area (Å²) in [5.41, 5.74) is 0.953. The van der Waals surface area contributed by atoms with Crippen molar-refractivity contribution in [1.29, 1.82) is 0 Å². The maximum Gasteiger partial charge on any atom is 0.243 e. The maximum absolute atomic E-state index is 13.2. The molecule has 1 N–H and O–H groups in total. The van der Waals surface area contributed by atoms with Crippen LogP contribution in [0.3, 0.4) is 0 Å². The fourth-order valence-electron chi connectivity index (χ4n) is 3.45. The van der Waals surface area contributed by atoms with E-state index >= 15 is 0 Å². The van der Waals surface area contributed by atoms with Crippen molar-refractivity contribution >= 4 is 10.0 Å². The summed E-state index contributed by atoms with van der Waals surface area (Å²) in [5, 5.41) is 9.57. The molecule has 0 spiro atoms. The molecule has 2 heterocycles. The number of likely N-dealkylation sites (N-methyl/N-ethyl adjacent to an activating group) is 1. The van der Waals surface area contributed by atoms with E-state index in [9.17, 15) is 13.5 Å². The third-order valence-electron chi connectivity index (χ3n) is 5.07. The number of sulfonamides is 1. The molecule has 1 saturated heterocycles. The van der Waals surface area contributed by atoms with E-state index in [4.69, 9.17) is 4.74 Å². The van der Waals surface area contributed by atoms with E-state index in [0.29, 0.717) is 24.6 Å². The highest BCUT2D eigenvalue weighted by molar-refractivity contribution is 7.89. The van der Waals surface area contributed by atoms with Crippen LogP contribution in [0.2, 0.25) is 0 Å². The van der Waals surface area contributed by atoms with E-state index in [1.165, 1.54) is 0 Å². The minimum atomic E-state index is -3.58. The Morgan fingerprint density at radius 3 is 2.79 bits per heavy atom. The van der Waals surface area contributed by atoms with Crippen molar-refractivity contribution in [2.24, 2.45) is 5.92 Å². The average molecular weight is 354 g/mol. The summed E-state index contributed by atoms with van der Waals surface area (Å²) < 4.78 is 33.3. The first-order chi connectivity index (χ1) is 11.4. The van der Waals surface area contributed by atoms with Gasteiger partial charge in [-0.25, -0.2) is 8.42 Å². The predicted octanol–water partition coefficient (Wildman–Crippen LogP) is 0.945. The Labute approximate surface area is 144 Å². The normalized spacial score (nSPS) is 25.3. The minimum Gasteiger partial charge on any atom is -0.493 e. The number of aliphatic hydroxyl groups is 1. The molecule has 2 aliphatic rings. The highest BCUT2D eigenvalue weighted by Crippen LogP contribution is 2.30. The van der Waals surface area contributed by atoms with Crippen LogP contribution in [-0.4, -0.2) is 69.2 Å². The van der Waals surface area contributed by atoms with Gasteiger partial charge in [0.15, 0.2) is 0 Å². The quantitative estimate of drug-likeness (QED) is 0.872. The maximum atomic E-state index is 13.2. The summed E-state index contributed by atoms with van der Waals surface area (Å²) in [4.78, 5) is 2.39. The molecule has 2 atom stereocenters. The van der Waals surface area contributed by atoms with Crippen molar-refractivity contribution in [3.8, 4) is 5.75 Å². The molecule has 134 valence electrons. The molecular formula is C17H26N2O4S. The van der Waals surface area contributed by atoms with Crippen molar-refractivity contribution < 1.29 is 18.3 Å². The largest absolute Gasteiger partial charge is 0.493 e. The van der Waals surface area contributed by atoms with Gasteiger partial charge >= 0.3 is 0 Å². The van der Waals surface area contributed by atoms with Gasteiger partial charge < -0.3 is 14.7 Å². The Balaban J connectivity index is 1.91. The summed E-state index contributed by atoms with van der Waals surface area (Å²) in [7, 11) is 0.371. The van der Waals surface area contributed by atoms with Gasteiger partial charge in [-0.05, 0) is 56.6 Å². The lowest BCUT2D eigenvalue weighted by molar-refractivity contribution is 0.204. The second-order valence-corrected chi connectivity index (χ2v) is 8.87. The second kappa shape index (κ2) is 7.00. The number of hydrogen-bond acceptors (Lipinski definition) is 5. The van der Waals surface area contributed by atoms with Gasteiger partial charge in [0.25, 0.3) is 0 Å². The standard InChI is InChI=1S/C17H26N2O4S/c1-18(2)15-4-3-13(12-20)10-19(11-15)24(21,22)16-5-6-17-14(9-16)7-8-23-17/h5-6,9,13,15,20H,3-4,7-8,10-12H2,1-2H3/t13-,15+/m0/s1. The van der Waals surface area contributed by atoms with Crippen molar-refractivity contribution in [2.45, 2.75) is 30.2 Å². The van der Waals surface area contributed by atoms with E-state index in [1.54, 1.807) is 22.5 Å². The third kappa shape index (κ3) is 3.44. The molecule has 6 nitrogen and oxygen atoms in total. The SMILES string of the molecule is CN(C)[C@@H]1CC[C@H](CO)CN(S(=O)(=O)c2ccc3c(c2)CCO3)C1. The fourth-order valence-corrected chi connectivity index (χ4v) is 5.05. The summed E-state index contributed by atoms with van der Waals surface area (Å²) in [6.45, 7) is 1.46. The zero-order valence-electron chi connectivity index (χ0n) is 14.3. The first-order valence-electron chi connectivity index (χ1n) is 8.45. The van der Waals surface area contributed by atoms with Gasteiger partial charge in [-0.2, -0.15) is 4.31 Å². The molecule has 1 aromatic rings. The molecule has 0 radical (unpaired) electrons. The van der Waals surface area contributed by atoms with Gasteiger partial charge in [0.1, 0.15) is 5.75 Å². The van der Waals surface area contributed by atoms with Crippen LogP contribution in [0.25, 0.3) is 0 Å². The molecule has 1 aromatic carbocycles. The smallest absolute Gasteiger partial charge is 0.243 e. The average Bonchev–Trinajstić information content (AvgIpc) is 2.90. The summed E-state index contributed by atoms with van der Waals surface area (Å²) in [6.07, 6.45) is 2.48. The Bertz CT molecular complexity index is 690. The van der Waals surface area contributed by atoms with Crippen molar-refractivity contribution in [3.05, 3.63) is 23.8 Å². The topological polar surface area (TPSA) is 70.1 Å². The van der Waals surface area contributed by atoms with E-state index in [1.807, 2.05) is 14.1 Å². The Morgan fingerprint density at radius 2 is 2.08 bits per heavy atom. The lowest BCUT2D eigenvalue weighted by Gasteiger charge is -2.28. The monoisotopic (exact) mass is 354 g/mol. The number of ether oxygens (including phenoxy) is 1. The molecule has 3 rings (SSSR count). The molecule has 0 unspecified atom stereocenters. The van der Waals surface area contributed by atoms with Gasteiger partial charge in [-0.15, -0.1) is 0 Å². The molecule has 7 heteroatoms. The molecule has 2 aliphatic heterocycles. The first kappa shape index (κ1) is 17.7. The third-order valence-corrected chi connectivity index (χ3v) is 6.90. The van der Waals surface area contributed by atoms with Crippen LogP contribution in [-0.2, 0) is 16.4 Å². The van der Waals surface area contributed by atoms with Crippen molar-refractivity contribution in [3.63, 3.8) is 0 Å². The molecule has 24 heavy (non-hydrogen) atoms. The van der Waals surface area contributed by atoms with Gasteiger partial charge in [-0.3, -0.25) is 0 Å². The number of fused-ring (bicyclic) bond motifs is 1. The van der Waals surface area contributed by atoms with Crippen LogP contribution in [0, 0.1) is 5.92 Å². The lowest BCUT2D eigenvalue weighted by atomic mass is 10.0. The Morgan fingerprint density at radius 1 is 1.29 bits per heavy atom. The molecule has 0 aliphatic carbocycles. The molecule has 0 bridgehead atoms. The lowest BCUT2D eigenvalue weighted by Crippen LogP contribution is -2.42. The van der Waals surface area contributed by atoms with E-state index < -0.39 is 10.0 Å². The number of benzene rings is 1. The fraction of sp³-hybridized carbons (Fsp3) is 0.647. The van der Waals surface area contributed by atoms with Crippen LogP contribution in [0.1, 0.15) is 18.4 Å². The van der Waals surface area contributed by atoms with E-state index in [2.05, 4.69) is 4.90 Å². The van der Waals surface area contributed by atoms with Gasteiger partial charge in [0.2, 0.25) is 10.0 Å². The zero-order chi connectivity index (χ0) is 17.3. The van der Waals surface area contributed by atoms with Gasteiger partial charge in [-0.1, -0.05) is 0 Å². The van der Waals surface area contributed by atoms with Crippen molar-refractivity contribution in [1.82, 2.24) is 9.21 Å². The summed E-state index contributed by atoms with van der Waals surface area (Å²) in [6, 6.07) is 5.28. The molecule has 0 saturated carbocycles. The van der Waals surface area contributed by atoms with E-state index in [0.717, 1.165) is 30.6 Å².